The molecule has 1 heterocycles. The fourth-order valence-corrected chi connectivity index (χ4v) is 2.83. The van der Waals surface area contributed by atoms with Crippen LogP contribution in [0.4, 0.5) is 0 Å². The summed E-state index contributed by atoms with van der Waals surface area (Å²) in [5, 5.41) is 7.08. The molecule has 0 unspecified atom stereocenters. The largest absolute Gasteiger partial charge is 0.314 e. The smallest absolute Gasteiger partial charge is 0.0214 e. The minimum Gasteiger partial charge on any atom is -0.314 e. The lowest BCUT2D eigenvalue weighted by molar-refractivity contribution is 0.339. The summed E-state index contributed by atoms with van der Waals surface area (Å²) in [5.74, 6) is 0. The van der Waals surface area contributed by atoms with Crippen molar-refractivity contribution in [3.63, 3.8) is 0 Å². The minimum absolute atomic E-state index is 0.832. The van der Waals surface area contributed by atoms with Gasteiger partial charge in [-0.05, 0) is 48.9 Å². The Hall–Kier alpha value is -0.860. The number of hydrogen-bond donors (Lipinski definition) is 2. The van der Waals surface area contributed by atoms with Crippen molar-refractivity contribution >= 4 is 0 Å². The molecule has 1 aromatic carbocycles. The third-order valence-electron chi connectivity index (χ3n) is 4.15. The molecule has 0 radical (unpaired) electrons. The minimum atomic E-state index is 0.832. The molecular formula is C15H22N2. The fourth-order valence-electron chi connectivity index (χ4n) is 2.83. The molecule has 0 amide bonds. The number of benzene rings is 1. The van der Waals surface area contributed by atoms with E-state index in [1.807, 2.05) is 0 Å². The molecule has 2 aliphatic rings. The molecule has 0 atom stereocenters. The zero-order valence-electron chi connectivity index (χ0n) is 10.5. The highest BCUT2D eigenvalue weighted by Gasteiger charge is 2.16. The Kier molecular flexibility index (Phi) is 3.44. The van der Waals surface area contributed by atoms with Crippen LogP contribution in [0.15, 0.2) is 18.2 Å². The molecule has 0 saturated heterocycles. The Labute approximate surface area is 104 Å². The summed E-state index contributed by atoms with van der Waals surface area (Å²) in [4.78, 5) is 0. The van der Waals surface area contributed by atoms with Crippen LogP contribution in [0.2, 0.25) is 0 Å². The lowest BCUT2D eigenvalue weighted by Crippen LogP contribution is -2.35. The molecule has 1 fully saturated rings. The van der Waals surface area contributed by atoms with Crippen LogP contribution >= 0.6 is 0 Å². The van der Waals surface area contributed by atoms with Crippen molar-refractivity contribution in [2.75, 3.05) is 6.54 Å². The Bertz CT molecular complexity index is 383. The molecule has 1 aliphatic heterocycles. The van der Waals surface area contributed by atoms with Gasteiger partial charge in [-0.25, -0.2) is 0 Å². The van der Waals surface area contributed by atoms with Crippen LogP contribution in [0.1, 0.15) is 42.4 Å². The molecule has 1 saturated carbocycles. The predicted molar refractivity (Wildman–Crippen MR) is 70.9 cm³/mol. The van der Waals surface area contributed by atoms with Crippen LogP contribution in [0.3, 0.4) is 0 Å². The first-order valence-electron chi connectivity index (χ1n) is 6.97. The molecule has 2 heteroatoms. The zero-order valence-corrected chi connectivity index (χ0v) is 10.5. The first-order chi connectivity index (χ1) is 8.43. The maximum atomic E-state index is 3.64. The second-order valence-corrected chi connectivity index (χ2v) is 5.34. The van der Waals surface area contributed by atoms with Crippen LogP contribution in [-0.2, 0) is 19.5 Å². The van der Waals surface area contributed by atoms with Crippen LogP contribution < -0.4 is 10.6 Å². The van der Waals surface area contributed by atoms with Gasteiger partial charge in [-0.3, -0.25) is 0 Å². The quantitative estimate of drug-likeness (QED) is 0.759. The SMILES string of the molecule is c1cc(CCCNC2CCC2)c2c(c1)CNC2. The molecule has 0 bridgehead atoms. The van der Waals surface area contributed by atoms with E-state index in [4.69, 9.17) is 0 Å². The molecule has 2 nitrogen and oxygen atoms in total. The van der Waals surface area contributed by atoms with E-state index >= 15 is 0 Å². The number of nitrogens with one attached hydrogen (secondary N) is 2. The fraction of sp³-hybridized carbons (Fsp3) is 0.600. The molecular weight excluding hydrogens is 208 g/mol. The van der Waals surface area contributed by atoms with Crippen molar-refractivity contribution in [3.8, 4) is 0 Å². The van der Waals surface area contributed by atoms with E-state index in [0.29, 0.717) is 0 Å². The van der Waals surface area contributed by atoms with E-state index in [-0.39, 0.29) is 0 Å². The van der Waals surface area contributed by atoms with Crippen molar-refractivity contribution in [1.29, 1.82) is 0 Å². The van der Waals surface area contributed by atoms with Gasteiger partial charge in [0.1, 0.15) is 0 Å². The Morgan fingerprint density at radius 2 is 2.18 bits per heavy atom. The molecule has 1 aliphatic carbocycles. The third-order valence-corrected chi connectivity index (χ3v) is 4.15. The highest BCUT2D eigenvalue weighted by molar-refractivity contribution is 5.37. The average Bonchev–Trinajstić information content (AvgIpc) is 2.75. The summed E-state index contributed by atoms with van der Waals surface area (Å²) >= 11 is 0. The first kappa shape index (κ1) is 11.2. The van der Waals surface area contributed by atoms with Gasteiger partial charge in [0.2, 0.25) is 0 Å². The highest BCUT2D eigenvalue weighted by Crippen LogP contribution is 2.21. The first-order valence-corrected chi connectivity index (χ1v) is 6.97. The van der Waals surface area contributed by atoms with E-state index in [0.717, 1.165) is 19.1 Å². The Morgan fingerprint density at radius 3 is 3.00 bits per heavy atom. The second kappa shape index (κ2) is 5.19. The third kappa shape index (κ3) is 2.53. The summed E-state index contributed by atoms with van der Waals surface area (Å²) < 4.78 is 0. The summed E-state index contributed by atoms with van der Waals surface area (Å²) in [6.07, 6.45) is 6.71. The summed E-state index contributed by atoms with van der Waals surface area (Å²) in [7, 11) is 0. The molecule has 92 valence electrons. The van der Waals surface area contributed by atoms with Gasteiger partial charge in [-0.2, -0.15) is 0 Å². The predicted octanol–water partition coefficient (Wildman–Crippen LogP) is 2.36. The summed E-state index contributed by atoms with van der Waals surface area (Å²) in [5.41, 5.74) is 4.63. The Morgan fingerprint density at radius 1 is 1.24 bits per heavy atom. The van der Waals surface area contributed by atoms with Gasteiger partial charge >= 0.3 is 0 Å². The van der Waals surface area contributed by atoms with Crippen molar-refractivity contribution in [2.45, 2.75) is 51.2 Å². The monoisotopic (exact) mass is 230 g/mol. The number of aryl methyl sites for hydroxylation is 1. The van der Waals surface area contributed by atoms with E-state index in [1.54, 1.807) is 11.1 Å². The maximum absolute atomic E-state index is 3.64. The molecule has 1 aromatic rings. The lowest BCUT2D eigenvalue weighted by Gasteiger charge is -2.26. The van der Waals surface area contributed by atoms with Gasteiger partial charge in [0.05, 0.1) is 0 Å². The van der Waals surface area contributed by atoms with Gasteiger partial charge in [0.25, 0.3) is 0 Å². The van der Waals surface area contributed by atoms with Gasteiger partial charge < -0.3 is 10.6 Å². The zero-order chi connectivity index (χ0) is 11.5. The van der Waals surface area contributed by atoms with E-state index in [9.17, 15) is 0 Å². The van der Waals surface area contributed by atoms with Gasteiger partial charge in [0, 0.05) is 19.1 Å². The van der Waals surface area contributed by atoms with Crippen LogP contribution in [0.5, 0.6) is 0 Å². The normalized spacial score (nSPS) is 19.1. The molecule has 3 rings (SSSR count). The van der Waals surface area contributed by atoms with Crippen LogP contribution in [-0.4, -0.2) is 12.6 Å². The highest BCUT2D eigenvalue weighted by atomic mass is 14.9. The van der Waals surface area contributed by atoms with Crippen LogP contribution in [0, 0.1) is 0 Å². The van der Waals surface area contributed by atoms with Crippen molar-refractivity contribution in [1.82, 2.24) is 10.6 Å². The lowest BCUT2D eigenvalue weighted by atomic mass is 9.93. The second-order valence-electron chi connectivity index (χ2n) is 5.34. The van der Waals surface area contributed by atoms with Gasteiger partial charge in [0.15, 0.2) is 0 Å². The number of rotatable bonds is 5. The van der Waals surface area contributed by atoms with Crippen molar-refractivity contribution in [2.24, 2.45) is 0 Å². The molecule has 2 N–H and O–H groups in total. The van der Waals surface area contributed by atoms with Gasteiger partial charge in [-0.1, -0.05) is 24.6 Å². The number of fused-ring (bicyclic) bond motifs is 1. The molecule has 0 aromatic heterocycles. The molecule has 17 heavy (non-hydrogen) atoms. The topological polar surface area (TPSA) is 24.1 Å². The van der Waals surface area contributed by atoms with E-state index in [1.165, 1.54) is 44.2 Å². The average molecular weight is 230 g/mol. The maximum Gasteiger partial charge on any atom is 0.0214 e. The van der Waals surface area contributed by atoms with Gasteiger partial charge in [-0.15, -0.1) is 0 Å². The molecule has 0 spiro atoms. The van der Waals surface area contributed by atoms with E-state index < -0.39 is 0 Å². The summed E-state index contributed by atoms with van der Waals surface area (Å²) in [6.45, 7) is 3.31. The standard InChI is InChI=1S/C15H22N2/c1-4-12(15-11-16-10-13(15)5-1)6-3-9-17-14-7-2-8-14/h1,4-5,14,16-17H,2-3,6-11H2. The Balaban J connectivity index is 1.49. The van der Waals surface area contributed by atoms with E-state index in [2.05, 4.69) is 28.8 Å². The van der Waals surface area contributed by atoms with Crippen LogP contribution in [0.25, 0.3) is 0 Å². The number of hydrogen-bond acceptors (Lipinski definition) is 2. The van der Waals surface area contributed by atoms with Crippen molar-refractivity contribution < 1.29 is 0 Å². The summed E-state index contributed by atoms with van der Waals surface area (Å²) in [6, 6.07) is 7.60. The van der Waals surface area contributed by atoms with Crippen molar-refractivity contribution in [3.05, 3.63) is 34.9 Å².